The number of fused-ring (bicyclic) bond motifs is 1. The predicted octanol–water partition coefficient (Wildman–Crippen LogP) is 7.42. The highest BCUT2D eigenvalue weighted by Gasteiger charge is 2.19. The van der Waals surface area contributed by atoms with Crippen molar-refractivity contribution < 1.29 is 4.79 Å². The third kappa shape index (κ3) is 4.28. The molecule has 0 fully saturated rings. The van der Waals surface area contributed by atoms with Gasteiger partial charge in [-0.3, -0.25) is 9.48 Å². The van der Waals surface area contributed by atoms with Crippen molar-refractivity contribution >= 4 is 28.8 Å². The highest BCUT2D eigenvalue weighted by Crippen LogP contribution is 2.35. The van der Waals surface area contributed by atoms with E-state index in [1.807, 2.05) is 37.3 Å². The first-order chi connectivity index (χ1) is 14.9. The maximum Gasteiger partial charge on any atom is 0.150 e. The van der Waals surface area contributed by atoms with E-state index in [2.05, 4.69) is 55.9 Å². The lowest BCUT2D eigenvalue weighted by molar-refractivity contribution is 0.112. The Hall–Kier alpha value is -2.91. The van der Waals surface area contributed by atoms with E-state index in [4.69, 9.17) is 16.7 Å². The molecule has 0 saturated heterocycles. The fraction of sp³-hybridized carbons (Fsp3) is 0.259. The first kappa shape index (κ1) is 21.3. The number of carbonyl (C=O) groups is 1. The Bertz CT molecular complexity index is 1240. The highest BCUT2D eigenvalue weighted by molar-refractivity contribution is 6.33. The summed E-state index contributed by atoms with van der Waals surface area (Å²) in [7, 11) is 0. The fourth-order valence-corrected chi connectivity index (χ4v) is 4.52. The van der Waals surface area contributed by atoms with Crippen molar-refractivity contribution in [2.75, 3.05) is 0 Å². The zero-order valence-corrected chi connectivity index (χ0v) is 19.1. The minimum atomic E-state index is 0.110. The van der Waals surface area contributed by atoms with Gasteiger partial charge in [-0.15, -0.1) is 0 Å². The van der Waals surface area contributed by atoms with Crippen LogP contribution in [-0.4, -0.2) is 16.1 Å². The van der Waals surface area contributed by atoms with Gasteiger partial charge in [-0.2, -0.15) is 5.10 Å². The van der Waals surface area contributed by atoms with E-state index in [9.17, 15) is 4.79 Å². The first-order valence-electron chi connectivity index (χ1n) is 10.7. The molecule has 0 bridgehead atoms. The molecule has 4 heteroatoms. The second kappa shape index (κ2) is 8.68. The number of rotatable bonds is 6. The molecule has 3 nitrogen and oxygen atoms in total. The van der Waals surface area contributed by atoms with E-state index in [-0.39, 0.29) is 6.04 Å². The molecule has 31 heavy (non-hydrogen) atoms. The Morgan fingerprint density at radius 1 is 1.00 bits per heavy atom. The Labute approximate surface area is 188 Å². The van der Waals surface area contributed by atoms with E-state index in [0.717, 1.165) is 50.9 Å². The number of carbonyl (C=O) groups excluding carboxylic acids is 1. The zero-order chi connectivity index (χ0) is 22.1. The summed E-state index contributed by atoms with van der Waals surface area (Å²) >= 11 is 6.56. The summed E-state index contributed by atoms with van der Waals surface area (Å²) < 4.78 is 2.08. The molecule has 0 N–H and O–H groups in total. The average Bonchev–Trinajstić information content (AvgIpc) is 3.18. The Balaban J connectivity index is 1.80. The van der Waals surface area contributed by atoms with Crippen LogP contribution in [0.1, 0.15) is 53.4 Å². The van der Waals surface area contributed by atoms with Gasteiger partial charge in [-0.25, -0.2) is 0 Å². The van der Waals surface area contributed by atoms with Gasteiger partial charge in [-0.05, 0) is 60.6 Å². The zero-order valence-electron chi connectivity index (χ0n) is 18.4. The van der Waals surface area contributed by atoms with Gasteiger partial charge < -0.3 is 0 Å². The van der Waals surface area contributed by atoms with Crippen molar-refractivity contribution in [3.8, 4) is 11.1 Å². The molecule has 3 aromatic carbocycles. The van der Waals surface area contributed by atoms with Gasteiger partial charge in [0.15, 0.2) is 0 Å². The van der Waals surface area contributed by atoms with Crippen molar-refractivity contribution in [1.82, 2.24) is 9.78 Å². The second-order valence-corrected chi connectivity index (χ2v) is 9.10. The van der Waals surface area contributed by atoms with Gasteiger partial charge in [0, 0.05) is 27.7 Å². The van der Waals surface area contributed by atoms with Crippen molar-refractivity contribution in [3.63, 3.8) is 0 Å². The average molecular weight is 431 g/mol. The number of hydrogen-bond donors (Lipinski definition) is 0. The summed E-state index contributed by atoms with van der Waals surface area (Å²) in [5, 5.41) is 6.83. The SMILES string of the molecule is Cc1ccc(-c2ccc3nn(C(CC(C)C)c4ccc(C=O)cc4)cc3c2C)c(Cl)c1. The third-order valence-electron chi connectivity index (χ3n) is 5.86. The molecule has 0 saturated carbocycles. The molecule has 0 radical (unpaired) electrons. The van der Waals surface area contributed by atoms with Crippen molar-refractivity contribution in [1.29, 1.82) is 0 Å². The lowest BCUT2D eigenvalue weighted by Crippen LogP contribution is -2.14. The van der Waals surface area contributed by atoms with E-state index >= 15 is 0 Å². The molecule has 1 unspecified atom stereocenters. The normalized spacial score (nSPS) is 12.5. The molecular formula is C27H27ClN2O. The number of nitrogens with zero attached hydrogens (tertiary/aromatic N) is 2. The lowest BCUT2D eigenvalue weighted by Gasteiger charge is -2.20. The number of aromatic nitrogens is 2. The van der Waals surface area contributed by atoms with Crippen LogP contribution in [0.25, 0.3) is 22.0 Å². The molecule has 4 rings (SSSR count). The molecule has 0 aliphatic carbocycles. The number of benzene rings is 3. The van der Waals surface area contributed by atoms with E-state index < -0.39 is 0 Å². The van der Waals surface area contributed by atoms with Gasteiger partial charge in [0.2, 0.25) is 0 Å². The summed E-state index contributed by atoms with van der Waals surface area (Å²) in [6.07, 6.45) is 3.99. The van der Waals surface area contributed by atoms with Crippen LogP contribution < -0.4 is 0 Å². The topological polar surface area (TPSA) is 34.9 Å². The Kier molecular flexibility index (Phi) is 5.97. The molecule has 0 aliphatic rings. The first-order valence-corrected chi connectivity index (χ1v) is 11.0. The number of aldehydes is 1. The second-order valence-electron chi connectivity index (χ2n) is 8.69. The van der Waals surface area contributed by atoms with E-state index in [0.29, 0.717) is 11.5 Å². The monoisotopic (exact) mass is 430 g/mol. The van der Waals surface area contributed by atoms with Crippen molar-refractivity contribution in [2.24, 2.45) is 5.92 Å². The molecule has 0 amide bonds. The van der Waals surface area contributed by atoms with Gasteiger partial charge in [0.1, 0.15) is 6.29 Å². The predicted molar refractivity (Wildman–Crippen MR) is 129 cm³/mol. The summed E-state index contributed by atoms with van der Waals surface area (Å²) in [6.45, 7) is 8.62. The molecule has 0 aliphatic heterocycles. The largest absolute Gasteiger partial charge is 0.298 e. The van der Waals surface area contributed by atoms with Crippen LogP contribution in [0.15, 0.2) is 60.8 Å². The molecule has 158 valence electrons. The van der Waals surface area contributed by atoms with Crippen LogP contribution >= 0.6 is 11.6 Å². The quantitative estimate of drug-likeness (QED) is 0.298. The van der Waals surface area contributed by atoms with E-state index in [1.165, 1.54) is 5.56 Å². The maximum absolute atomic E-state index is 11.1. The summed E-state index contributed by atoms with van der Waals surface area (Å²) in [5.74, 6) is 0.506. The Morgan fingerprint density at radius 2 is 1.71 bits per heavy atom. The molecule has 1 atom stereocenters. The Morgan fingerprint density at radius 3 is 2.35 bits per heavy atom. The molecule has 1 heterocycles. The highest BCUT2D eigenvalue weighted by atomic mass is 35.5. The third-order valence-corrected chi connectivity index (χ3v) is 6.18. The number of halogens is 1. The van der Waals surface area contributed by atoms with Crippen LogP contribution in [0.2, 0.25) is 5.02 Å². The summed E-state index contributed by atoms with van der Waals surface area (Å²) in [5.41, 5.74) is 7.32. The van der Waals surface area contributed by atoms with Crippen LogP contribution in [-0.2, 0) is 0 Å². The molecular weight excluding hydrogens is 404 g/mol. The van der Waals surface area contributed by atoms with Gasteiger partial charge in [-0.1, -0.05) is 67.9 Å². The minimum absolute atomic E-state index is 0.110. The lowest BCUT2D eigenvalue weighted by atomic mass is 9.96. The minimum Gasteiger partial charge on any atom is -0.298 e. The molecule has 0 spiro atoms. The van der Waals surface area contributed by atoms with Gasteiger partial charge in [0.05, 0.1) is 11.6 Å². The number of aryl methyl sites for hydroxylation is 2. The molecule has 4 aromatic rings. The number of hydrogen-bond acceptors (Lipinski definition) is 2. The standard InChI is InChI=1S/C27H27ClN2O/c1-17(2)13-27(21-8-6-20(16-31)7-9-21)30-15-24-19(4)22(11-12-26(24)29-30)23-10-5-18(3)14-25(23)28/h5-12,14-17,27H,13H2,1-4H3. The van der Waals surface area contributed by atoms with Crippen LogP contribution in [0.3, 0.4) is 0 Å². The van der Waals surface area contributed by atoms with Gasteiger partial charge >= 0.3 is 0 Å². The van der Waals surface area contributed by atoms with Crippen LogP contribution in [0, 0.1) is 19.8 Å². The summed E-state index contributed by atoms with van der Waals surface area (Å²) in [4.78, 5) is 11.1. The van der Waals surface area contributed by atoms with Crippen molar-refractivity contribution in [3.05, 3.63) is 88.1 Å². The van der Waals surface area contributed by atoms with E-state index in [1.54, 1.807) is 0 Å². The van der Waals surface area contributed by atoms with Crippen LogP contribution in [0.4, 0.5) is 0 Å². The molecule has 1 aromatic heterocycles. The fourth-order valence-electron chi connectivity index (χ4n) is 4.18. The maximum atomic E-state index is 11.1. The summed E-state index contributed by atoms with van der Waals surface area (Å²) in [6, 6.07) is 18.3. The van der Waals surface area contributed by atoms with Crippen LogP contribution in [0.5, 0.6) is 0 Å². The van der Waals surface area contributed by atoms with Gasteiger partial charge in [0.25, 0.3) is 0 Å². The smallest absolute Gasteiger partial charge is 0.150 e. The van der Waals surface area contributed by atoms with Crippen molar-refractivity contribution in [2.45, 2.75) is 40.2 Å².